The van der Waals surface area contributed by atoms with Crippen LogP contribution >= 0.6 is 0 Å². The van der Waals surface area contributed by atoms with Crippen molar-refractivity contribution in [2.75, 3.05) is 25.8 Å². The Morgan fingerprint density at radius 2 is 1.80 bits per heavy atom. The number of rotatable bonds is 4. The number of nitrogens with two attached hydrogens (primary N) is 1. The highest BCUT2D eigenvalue weighted by atomic mass is 16.6. The van der Waals surface area contributed by atoms with Gasteiger partial charge in [0.1, 0.15) is 0 Å². The molecule has 25 heavy (non-hydrogen) atoms. The summed E-state index contributed by atoms with van der Waals surface area (Å²) in [6.07, 6.45) is 2.73. The minimum Gasteiger partial charge on any atom is -0.493 e. The van der Waals surface area contributed by atoms with E-state index in [4.69, 9.17) is 15.3 Å². The summed E-state index contributed by atoms with van der Waals surface area (Å²) < 4.78 is 10.7. The van der Waals surface area contributed by atoms with E-state index in [2.05, 4.69) is 0 Å². The van der Waals surface area contributed by atoms with Crippen molar-refractivity contribution < 1.29 is 14.4 Å². The number of benzene rings is 2. The zero-order chi connectivity index (χ0) is 18.0. The third kappa shape index (κ3) is 3.41. The van der Waals surface area contributed by atoms with E-state index in [1.165, 1.54) is 12.1 Å². The van der Waals surface area contributed by atoms with Crippen molar-refractivity contribution in [2.45, 2.75) is 6.42 Å². The Hall–Kier alpha value is -3.06. The van der Waals surface area contributed by atoms with Gasteiger partial charge in [0, 0.05) is 18.2 Å². The van der Waals surface area contributed by atoms with E-state index in [1.54, 1.807) is 31.4 Å². The highest BCUT2D eigenvalue weighted by molar-refractivity contribution is 5.68. The predicted octanol–water partition coefficient (Wildman–Crippen LogP) is 2.93. The van der Waals surface area contributed by atoms with Crippen molar-refractivity contribution in [3.8, 4) is 11.5 Å². The summed E-state index contributed by atoms with van der Waals surface area (Å²) in [4.78, 5) is 10.3. The molecule has 0 amide bonds. The Bertz CT molecular complexity index is 831. The van der Waals surface area contributed by atoms with Crippen LogP contribution < -0.4 is 20.3 Å². The van der Waals surface area contributed by atoms with Crippen molar-refractivity contribution in [1.29, 1.82) is 0 Å². The van der Waals surface area contributed by atoms with Crippen molar-refractivity contribution in [1.82, 2.24) is 0 Å². The Balaban J connectivity index is 1.91. The second-order valence-corrected chi connectivity index (χ2v) is 5.79. The number of non-ortho nitro benzene ring substituents is 1. The van der Waals surface area contributed by atoms with Gasteiger partial charge in [-0.1, -0.05) is 6.08 Å². The summed E-state index contributed by atoms with van der Waals surface area (Å²) in [5, 5.41) is 12.4. The highest BCUT2D eigenvalue weighted by Crippen LogP contribution is 2.38. The van der Waals surface area contributed by atoms with Gasteiger partial charge in [0.05, 0.1) is 31.4 Å². The van der Waals surface area contributed by atoms with Crippen LogP contribution in [0.2, 0.25) is 0 Å². The number of fused-ring (bicyclic) bond motifs is 1. The van der Waals surface area contributed by atoms with Crippen molar-refractivity contribution in [2.24, 2.45) is 5.84 Å². The van der Waals surface area contributed by atoms with Crippen LogP contribution in [-0.4, -0.2) is 25.7 Å². The maximum Gasteiger partial charge on any atom is 0.269 e. The van der Waals surface area contributed by atoms with E-state index in [1.807, 2.05) is 18.2 Å². The van der Waals surface area contributed by atoms with Crippen molar-refractivity contribution >= 4 is 17.5 Å². The smallest absolute Gasteiger partial charge is 0.269 e. The second-order valence-electron chi connectivity index (χ2n) is 5.79. The molecule has 0 spiro atoms. The lowest BCUT2D eigenvalue weighted by Crippen LogP contribution is -2.37. The number of hydrogen-bond acceptors (Lipinski definition) is 6. The molecule has 1 aliphatic rings. The predicted molar refractivity (Wildman–Crippen MR) is 95.9 cm³/mol. The zero-order valence-corrected chi connectivity index (χ0v) is 14.1. The number of ether oxygens (including phenoxy) is 2. The zero-order valence-electron chi connectivity index (χ0n) is 14.1. The third-order valence-corrected chi connectivity index (χ3v) is 4.16. The summed E-state index contributed by atoms with van der Waals surface area (Å²) >= 11 is 0. The fraction of sp³-hybridized carbons (Fsp3) is 0.222. The molecule has 2 aromatic rings. The molecule has 1 heterocycles. The van der Waals surface area contributed by atoms with E-state index in [-0.39, 0.29) is 5.69 Å². The molecule has 0 aromatic heterocycles. The molecule has 2 N–H and O–H groups in total. The molecule has 0 atom stereocenters. The van der Waals surface area contributed by atoms with Gasteiger partial charge in [-0.3, -0.25) is 10.1 Å². The van der Waals surface area contributed by atoms with Crippen molar-refractivity contribution in [3.05, 3.63) is 63.2 Å². The summed E-state index contributed by atoms with van der Waals surface area (Å²) in [7, 11) is 3.19. The lowest BCUT2D eigenvalue weighted by molar-refractivity contribution is -0.384. The monoisotopic (exact) mass is 341 g/mol. The summed E-state index contributed by atoms with van der Waals surface area (Å²) in [5.74, 6) is 7.47. The van der Waals surface area contributed by atoms with E-state index in [0.717, 1.165) is 28.8 Å². The van der Waals surface area contributed by atoms with Crippen LogP contribution in [-0.2, 0) is 6.42 Å². The van der Waals surface area contributed by atoms with E-state index in [0.29, 0.717) is 18.0 Å². The van der Waals surface area contributed by atoms with Crippen LogP contribution in [0.3, 0.4) is 0 Å². The molecule has 3 rings (SSSR count). The van der Waals surface area contributed by atoms with E-state index >= 15 is 0 Å². The minimum absolute atomic E-state index is 0.0772. The SMILES string of the molecule is COc1cc2c(cc1OC)N(N)CC(=Cc1ccc([N+](=O)[O-])cc1)C2. The van der Waals surface area contributed by atoms with Gasteiger partial charge in [-0.25, -0.2) is 5.84 Å². The first-order chi connectivity index (χ1) is 12.0. The van der Waals surface area contributed by atoms with E-state index in [9.17, 15) is 10.1 Å². The van der Waals surface area contributed by atoms with E-state index < -0.39 is 4.92 Å². The Labute approximate surface area is 145 Å². The molecule has 0 saturated carbocycles. The van der Waals surface area contributed by atoms with Gasteiger partial charge in [0.2, 0.25) is 0 Å². The number of nitro benzene ring substituents is 1. The topological polar surface area (TPSA) is 90.9 Å². The molecule has 7 heteroatoms. The number of nitro groups is 1. The van der Waals surface area contributed by atoms with Gasteiger partial charge in [0.15, 0.2) is 11.5 Å². The molecule has 0 aliphatic carbocycles. The number of hydrazine groups is 1. The first-order valence-electron chi connectivity index (χ1n) is 7.73. The largest absolute Gasteiger partial charge is 0.493 e. The van der Waals surface area contributed by atoms with Gasteiger partial charge < -0.3 is 14.5 Å². The molecule has 130 valence electrons. The first-order valence-corrected chi connectivity index (χ1v) is 7.73. The molecule has 0 fully saturated rings. The van der Waals surface area contributed by atoms with Crippen LogP contribution in [0.5, 0.6) is 11.5 Å². The second kappa shape index (κ2) is 6.82. The first kappa shape index (κ1) is 16.8. The average Bonchev–Trinajstić information content (AvgIpc) is 2.61. The van der Waals surface area contributed by atoms with Gasteiger partial charge >= 0.3 is 0 Å². The molecular formula is C18H19N3O4. The number of methoxy groups -OCH3 is 2. The molecule has 0 radical (unpaired) electrons. The molecule has 0 saturated heterocycles. The fourth-order valence-electron chi connectivity index (χ4n) is 2.95. The summed E-state index contributed by atoms with van der Waals surface area (Å²) in [5.41, 5.74) is 4.03. The van der Waals surface area contributed by atoms with Crippen LogP contribution in [0, 0.1) is 10.1 Å². The molecular weight excluding hydrogens is 322 g/mol. The normalized spacial score (nSPS) is 15.0. The van der Waals surface area contributed by atoms with Gasteiger partial charge in [-0.05, 0) is 41.3 Å². The quantitative estimate of drug-likeness (QED) is 0.522. The maximum absolute atomic E-state index is 10.7. The summed E-state index contributed by atoms with van der Waals surface area (Å²) in [6.45, 7) is 0.569. The Kier molecular flexibility index (Phi) is 4.58. The minimum atomic E-state index is -0.408. The molecule has 1 aliphatic heterocycles. The maximum atomic E-state index is 10.7. The van der Waals surface area contributed by atoms with Crippen LogP contribution in [0.25, 0.3) is 6.08 Å². The Morgan fingerprint density at radius 3 is 2.40 bits per heavy atom. The summed E-state index contributed by atoms with van der Waals surface area (Å²) in [6, 6.07) is 10.3. The molecule has 0 bridgehead atoms. The van der Waals surface area contributed by atoms with Gasteiger partial charge in [0.25, 0.3) is 5.69 Å². The van der Waals surface area contributed by atoms with Crippen LogP contribution in [0.15, 0.2) is 42.0 Å². The average molecular weight is 341 g/mol. The highest BCUT2D eigenvalue weighted by Gasteiger charge is 2.21. The number of hydrogen-bond donors (Lipinski definition) is 1. The molecule has 0 unspecified atom stereocenters. The van der Waals surface area contributed by atoms with Gasteiger partial charge in [-0.15, -0.1) is 0 Å². The van der Waals surface area contributed by atoms with Crippen LogP contribution in [0.4, 0.5) is 11.4 Å². The molecule has 2 aromatic carbocycles. The third-order valence-electron chi connectivity index (χ3n) is 4.16. The van der Waals surface area contributed by atoms with Crippen LogP contribution in [0.1, 0.15) is 11.1 Å². The number of nitrogens with zero attached hydrogens (tertiary/aromatic N) is 2. The van der Waals surface area contributed by atoms with Gasteiger partial charge in [-0.2, -0.15) is 0 Å². The lowest BCUT2D eigenvalue weighted by Gasteiger charge is -2.30. The standard InChI is InChI=1S/C18H19N3O4/c1-24-17-9-14-8-13(11-20(19)16(14)10-18(17)25-2)7-12-3-5-15(6-4-12)21(22)23/h3-7,9-10H,8,11,19H2,1-2H3. The van der Waals surface area contributed by atoms with Crippen molar-refractivity contribution in [3.63, 3.8) is 0 Å². The molecule has 7 nitrogen and oxygen atoms in total. The number of anilines is 1. The lowest BCUT2D eigenvalue weighted by atomic mass is 9.96. The Morgan fingerprint density at radius 1 is 1.16 bits per heavy atom. The fourth-order valence-corrected chi connectivity index (χ4v) is 2.95.